The number of hydrogen-bond acceptors (Lipinski definition) is 3. The molecule has 2 aromatic rings. The molecule has 0 unspecified atom stereocenters. The van der Waals surface area contributed by atoms with Gasteiger partial charge in [-0.25, -0.2) is 21.5 Å². The van der Waals surface area contributed by atoms with Crippen LogP contribution in [0.15, 0.2) is 53.4 Å². The maximum absolute atomic E-state index is 13.5. The van der Waals surface area contributed by atoms with Crippen LogP contribution in [0.4, 0.5) is 8.78 Å². The summed E-state index contributed by atoms with van der Waals surface area (Å²) < 4.78 is 51.6. The van der Waals surface area contributed by atoms with Gasteiger partial charge >= 0.3 is 0 Å². The molecule has 0 atom stereocenters. The second kappa shape index (κ2) is 7.02. The molecule has 0 radical (unpaired) electrons. The number of rotatable bonds is 5. The summed E-state index contributed by atoms with van der Waals surface area (Å²) in [5, 5.41) is 0. The van der Waals surface area contributed by atoms with Gasteiger partial charge in [-0.05, 0) is 42.5 Å². The third-order valence-electron chi connectivity index (χ3n) is 3.31. The minimum Gasteiger partial charge on any atom is -0.289 e. The summed E-state index contributed by atoms with van der Waals surface area (Å²) in [6.45, 7) is 0. The molecule has 0 aliphatic carbocycles. The number of ketones is 1. The molecule has 0 spiro atoms. The van der Waals surface area contributed by atoms with Crippen LogP contribution >= 0.6 is 0 Å². The lowest BCUT2D eigenvalue weighted by molar-refractivity contribution is 0.104. The summed E-state index contributed by atoms with van der Waals surface area (Å²) in [5.41, 5.74) is 0.191. The van der Waals surface area contributed by atoms with Gasteiger partial charge in [-0.3, -0.25) is 4.79 Å². The van der Waals surface area contributed by atoms with Crippen molar-refractivity contribution in [1.82, 2.24) is 4.31 Å². The minimum atomic E-state index is -3.57. The molecule has 126 valence electrons. The van der Waals surface area contributed by atoms with E-state index in [2.05, 4.69) is 0 Å². The molecule has 0 bridgehead atoms. The lowest BCUT2D eigenvalue weighted by Crippen LogP contribution is -2.22. The molecule has 0 N–H and O–H groups in total. The first-order valence-corrected chi connectivity index (χ1v) is 8.36. The minimum absolute atomic E-state index is 0.0462. The molecule has 0 aromatic heterocycles. The van der Waals surface area contributed by atoms with E-state index in [4.69, 9.17) is 0 Å². The molecule has 0 heterocycles. The quantitative estimate of drug-likeness (QED) is 0.614. The number of halogens is 2. The monoisotopic (exact) mass is 351 g/mol. The first-order valence-electron chi connectivity index (χ1n) is 6.92. The first kappa shape index (κ1) is 18.0. The van der Waals surface area contributed by atoms with E-state index in [0.29, 0.717) is 0 Å². The van der Waals surface area contributed by atoms with Crippen molar-refractivity contribution in [3.63, 3.8) is 0 Å². The molecule has 7 heteroatoms. The average Bonchev–Trinajstić information content (AvgIpc) is 2.56. The Morgan fingerprint density at radius 1 is 1.04 bits per heavy atom. The number of allylic oxidation sites excluding steroid dienone is 1. The van der Waals surface area contributed by atoms with Crippen LogP contribution in [0.25, 0.3) is 6.08 Å². The van der Waals surface area contributed by atoms with Gasteiger partial charge in [-0.2, -0.15) is 0 Å². The summed E-state index contributed by atoms with van der Waals surface area (Å²) in [6, 6.07) is 9.03. The van der Waals surface area contributed by atoms with Crippen molar-refractivity contribution in [2.75, 3.05) is 14.1 Å². The van der Waals surface area contributed by atoms with Crippen molar-refractivity contribution in [1.29, 1.82) is 0 Å². The van der Waals surface area contributed by atoms with Crippen molar-refractivity contribution < 1.29 is 22.0 Å². The predicted octanol–water partition coefficient (Wildman–Crippen LogP) is 3.11. The molecule has 0 saturated heterocycles. The predicted molar refractivity (Wildman–Crippen MR) is 87.0 cm³/mol. The van der Waals surface area contributed by atoms with Gasteiger partial charge in [0.25, 0.3) is 0 Å². The largest absolute Gasteiger partial charge is 0.289 e. The molecule has 4 nitrogen and oxygen atoms in total. The fourth-order valence-electron chi connectivity index (χ4n) is 1.91. The number of hydrogen-bond donors (Lipinski definition) is 0. The van der Waals surface area contributed by atoms with E-state index < -0.39 is 27.4 Å². The second-order valence-electron chi connectivity index (χ2n) is 5.15. The van der Waals surface area contributed by atoms with Gasteiger partial charge < -0.3 is 0 Å². The molecule has 0 fully saturated rings. The smallest absolute Gasteiger partial charge is 0.242 e. The summed E-state index contributed by atoms with van der Waals surface area (Å²) in [5.74, 6) is -2.48. The van der Waals surface area contributed by atoms with E-state index >= 15 is 0 Å². The maximum atomic E-state index is 13.5. The Bertz CT molecular complexity index is 889. The third kappa shape index (κ3) is 3.74. The fraction of sp³-hybridized carbons (Fsp3) is 0.118. The molecule has 0 aliphatic heterocycles. The van der Waals surface area contributed by atoms with Gasteiger partial charge in [0, 0.05) is 25.2 Å². The lowest BCUT2D eigenvalue weighted by Gasteiger charge is -2.11. The molecule has 0 saturated carbocycles. The Balaban J connectivity index is 2.22. The van der Waals surface area contributed by atoms with Crippen molar-refractivity contribution in [3.8, 4) is 0 Å². The van der Waals surface area contributed by atoms with Crippen molar-refractivity contribution in [2.45, 2.75) is 4.90 Å². The molecule has 2 aromatic carbocycles. The van der Waals surface area contributed by atoms with Gasteiger partial charge in [0.1, 0.15) is 0 Å². The van der Waals surface area contributed by atoms with E-state index in [1.165, 1.54) is 56.6 Å². The van der Waals surface area contributed by atoms with E-state index in [-0.39, 0.29) is 16.0 Å². The number of carbonyl (C=O) groups is 1. The highest BCUT2D eigenvalue weighted by Gasteiger charge is 2.17. The summed E-state index contributed by atoms with van der Waals surface area (Å²) >= 11 is 0. The highest BCUT2D eigenvalue weighted by molar-refractivity contribution is 7.89. The summed E-state index contributed by atoms with van der Waals surface area (Å²) in [7, 11) is -0.757. The maximum Gasteiger partial charge on any atom is 0.242 e. The van der Waals surface area contributed by atoms with Crippen LogP contribution in [0.5, 0.6) is 0 Å². The zero-order chi connectivity index (χ0) is 17.9. The molecule has 0 amide bonds. The van der Waals surface area contributed by atoms with Gasteiger partial charge in [-0.1, -0.05) is 12.1 Å². The van der Waals surface area contributed by atoms with Gasteiger partial charge in [0.05, 0.1) is 4.90 Å². The highest BCUT2D eigenvalue weighted by Crippen LogP contribution is 2.16. The van der Waals surface area contributed by atoms with Crippen LogP contribution in [0, 0.1) is 11.6 Å². The Labute approximate surface area is 139 Å². The number of sulfonamides is 1. The second-order valence-corrected chi connectivity index (χ2v) is 7.30. The Hall–Kier alpha value is -2.38. The van der Waals surface area contributed by atoms with Crippen LogP contribution in [-0.4, -0.2) is 32.6 Å². The van der Waals surface area contributed by atoms with Gasteiger partial charge in [0.2, 0.25) is 10.0 Å². The summed E-state index contributed by atoms with van der Waals surface area (Å²) in [6.07, 6.45) is 2.28. The first-order chi connectivity index (χ1) is 11.2. The lowest BCUT2D eigenvalue weighted by atomic mass is 10.1. The summed E-state index contributed by atoms with van der Waals surface area (Å²) in [4.78, 5) is 12.1. The van der Waals surface area contributed by atoms with E-state index in [0.717, 1.165) is 16.4 Å². The standard InChI is InChI=1S/C17H15F2NO3S/c1-20(2)24(22,23)14-9-6-12(7-10-14)16(21)11-8-13-4-3-5-15(18)17(13)19/h3-11H,1-2H3. The van der Waals surface area contributed by atoms with Gasteiger partial charge in [0.15, 0.2) is 17.4 Å². The van der Waals surface area contributed by atoms with E-state index in [9.17, 15) is 22.0 Å². The highest BCUT2D eigenvalue weighted by atomic mass is 32.2. The molecular weight excluding hydrogens is 336 g/mol. The van der Waals surface area contributed by atoms with Crippen LogP contribution in [0.3, 0.4) is 0 Å². The van der Waals surface area contributed by atoms with Crippen molar-refractivity contribution in [2.24, 2.45) is 0 Å². The normalized spacial score (nSPS) is 12.0. The van der Waals surface area contributed by atoms with E-state index in [1.54, 1.807) is 0 Å². The Morgan fingerprint density at radius 2 is 1.67 bits per heavy atom. The fourth-order valence-corrected chi connectivity index (χ4v) is 2.81. The zero-order valence-corrected chi connectivity index (χ0v) is 13.8. The van der Waals surface area contributed by atoms with Crippen molar-refractivity contribution in [3.05, 3.63) is 71.3 Å². The Kier molecular flexibility index (Phi) is 5.26. The average molecular weight is 351 g/mol. The van der Waals surface area contributed by atoms with E-state index in [1.807, 2.05) is 0 Å². The molecule has 0 aliphatic rings. The van der Waals surface area contributed by atoms with Crippen LogP contribution < -0.4 is 0 Å². The number of carbonyl (C=O) groups excluding carboxylic acids is 1. The molecular formula is C17H15F2NO3S. The van der Waals surface area contributed by atoms with Crippen LogP contribution in [0.1, 0.15) is 15.9 Å². The van der Waals surface area contributed by atoms with Crippen LogP contribution in [-0.2, 0) is 10.0 Å². The number of benzene rings is 2. The van der Waals surface area contributed by atoms with Gasteiger partial charge in [-0.15, -0.1) is 0 Å². The SMILES string of the molecule is CN(C)S(=O)(=O)c1ccc(C(=O)C=Cc2cccc(F)c2F)cc1. The van der Waals surface area contributed by atoms with Crippen LogP contribution in [0.2, 0.25) is 0 Å². The number of nitrogens with zero attached hydrogens (tertiary/aromatic N) is 1. The zero-order valence-electron chi connectivity index (χ0n) is 13.0. The Morgan fingerprint density at radius 3 is 2.25 bits per heavy atom. The van der Waals surface area contributed by atoms with Crippen molar-refractivity contribution >= 4 is 21.9 Å². The molecule has 24 heavy (non-hydrogen) atoms. The third-order valence-corrected chi connectivity index (χ3v) is 5.14. The molecule has 2 rings (SSSR count). The topological polar surface area (TPSA) is 54.5 Å².